The van der Waals surface area contributed by atoms with Crippen LogP contribution in [0.1, 0.15) is 51.2 Å². The van der Waals surface area contributed by atoms with Crippen molar-refractivity contribution in [3.8, 4) is 11.3 Å². The van der Waals surface area contributed by atoms with E-state index in [0.29, 0.717) is 28.1 Å². The van der Waals surface area contributed by atoms with E-state index in [9.17, 15) is 8.78 Å². The molecule has 1 aromatic carbocycles. The zero-order valence-electron chi connectivity index (χ0n) is 23.0. The van der Waals surface area contributed by atoms with E-state index < -0.39 is 11.6 Å². The second-order valence-electron chi connectivity index (χ2n) is 11.3. The Bertz CT molecular complexity index is 1520. The van der Waals surface area contributed by atoms with Crippen molar-refractivity contribution >= 4 is 22.8 Å². The number of halogens is 2. The zero-order valence-corrected chi connectivity index (χ0v) is 23.0. The van der Waals surface area contributed by atoms with E-state index in [1.807, 2.05) is 43.7 Å². The topological polar surface area (TPSA) is 75.0 Å². The van der Waals surface area contributed by atoms with Gasteiger partial charge in [-0.25, -0.2) is 28.7 Å². The second-order valence-corrected chi connectivity index (χ2v) is 11.3. The van der Waals surface area contributed by atoms with E-state index in [2.05, 4.69) is 48.9 Å². The summed E-state index contributed by atoms with van der Waals surface area (Å²) in [4.78, 5) is 22.4. The molecule has 1 spiro atoms. The van der Waals surface area contributed by atoms with Crippen molar-refractivity contribution in [1.29, 1.82) is 0 Å². The molecule has 1 atom stereocenters. The summed E-state index contributed by atoms with van der Waals surface area (Å²) >= 11 is 0. The average molecular weight is 533 g/mol. The van der Waals surface area contributed by atoms with E-state index in [1.54, 1.807) is 6.07 Å². The lowest BCUT2D eigenvalue weighted by Gasteiger charge is -2.61. The summed E-state index contributed by atoms with van der Waals surface area (Å²) in [7, 11) is 0. The first-order chi connectivity index (χ1) is 18.7. The maximum Gasteiger partial charge on any atom is 0.229 e. The van der Waals surface area contributed by atoms with Crippen molar-refractivity contribution < 1.29 is 8.78 Å². The molecule has 0 amide bonds. The summed E-state index contributed by atoms with van der Waals surface area (Å²) < 4.78 is 31.8. The first-order valence-electron chi connectivity index (χ1n) is 13.6. The molecule has 0 bridgehead atoms. The number of nitrogens with zero attached hydrogens (tertiary/aromatic N) is 7. The highest BCUT2D eigenvalue weighted by atomic mass is 19.1. The summed E-state index contributed by atoms with van der Waals surface area (Å²) in [5.41, 5.74) is 2.82. The molecule has 8 nitrogen and oxygen atoms in total. The molecule has 0 radical (unpaired) electrons. The van der Waals surface area contributed by atoms with Gasteiger partial charge < -0.3 is 14.8 Å². The van der Waals surface area contributed by atoms with Gasteiger partial charge in [0.1, 0.15) is 22.9 Å². The van der Waals surface area contributed by atoms with Crippen LogP contribution in [0, 0.1) is 24.0 Å². The number of likely N-dealkylation sites (tertiary alicyclic amines) is 2. The van der Waals surface area contributed by atoms with E-state index in [0.717, 1.165) is 31.4 Å². The summed E-state index contributed by atoms with van der Waals surface area (Å²) in [6, 6.07) is 7.28. The molecule has 39 heavy (non-hydrogen) atoms. The van der Waals surface area contributed by atoms with Crippen LogP contribution < -0.4 is 5.32 Å². The van der Waals surface area contributed by atoms with Crippen LogP contribution in [0.2, 0.25) is 0 Å². The quantitative estimate of drug-likeness (QED) is 0.337. The largest absolute Gasteiger partial charge is 0.326 e. The van der Waals surface area contributed by atoms with Gasteiger partial charge in [-0.1, -0.05) is 13.0 Å². The van der Waals surface area contributed by atoms with Crippen molar-refractivity contribution in [3.05, 3.63) is 59.7 Å². The van der Waals surface area contributed by atoms with Gasteiger partial charge in [-0.05, 0) is 58.0 Å². The molecule has 4 aromatic rings. The van der Waals surface area contributed by atoms with Gasteiger partial charge in [0.2, 0.25) is 5.95 Å². The first-order valence-corrected chi connectivity index (χ1v) is 13.6. The summed E-state index contributed by atoms with van der Waals surface area (Å²) in [6.45, 7) is 16.0. The zero-order chi connectivity index (χ0) is 27.5. The number of anilines is 2. The smallest absolute Gasteiger partial charge is 0.229 e. The van der Waals surface area contributed by atoms with Crippen LogP contribution in [0.3, 0.4) is 0 Å². The fraction of sp³-hybridized carbons (Fsp3) is 0.448. The maximum atomic E-state index is 15.0. The molecule has 0 saturated carbocycles. The SMILES string of the molecule is CCN1CC2(C1)CN([C@@H](C)c1ccc(Nc3ncc(F)c(-c4cc(F)c5nc(C)n(C(C)C)c5c4)n3)nc1)C2. The Hall–Kier alpha value is -3.50. The minimum Gasteiger partial charge on any atom is -0.326 e. The van der Waals surface area contributed by atoms with E-state index >= 15 is 0 Å². The van der Waals surface area contributed by atoms with Crippen molar-refractivity contribution in [2.45, 2.75) is 46.7 Å². The van der Waals surface area contributed by atoms with Crippen LogP contribution in [-0.2, 0) is 0 Å². The number of imidazole rings is 1. The molecule has 2 fully saturated rings. The molecule has 5 heterocycles. The molecule has 0 unspecified atom stereocenters. The molecule has 10 heteroatoms. The van der Waals surface area contributed by atoms with Gasteiger partial charge in [0, 0.05) is 55.4 Å². The van der Waals surface area contributed by atoms with E-state index in [1.165, 1.54) is 19.2 Å². The fourth-order valence-electron chi connectivity index (χ4n) is 6.15. The van der Waals surface area contributed by atoms with E-state index in [4.69, 9.17) is 0 Å². The fourth-order valence-corrected chi connectivity index (χ4v) is 6.15. The van der Waals surface area contributed by atoms with Gasteiger partial charge in [-0.3, -0.25) is 4.90 Å². The molecule has 204 valence electrons. The Labute approximate surface area is 227 Å². The predicted octanol–water partition coefficient (Wildman–Crippen LogP) is 5.50. The van der Waals surface area contributed by atoms with Crippen molar-refractivity contribution in [2.24, 2.45) is 5.41 Å². The van der Waals surface area contributed by atoms with Gasteiger partial charge in [-0.15, -0.1) is 0 Å². The van der Waals surface area contributed by atoms with Gasteiger partial charge in [0.25, 0.3) is 0 Å². The second kappa shape index (κ2) is 9.60. The van der Waals surface area contributed by atoms with Crippen LogP contribution in [0.5, 0.6) is 0 Å². The minimum atomic E-state index is -0.635. The number of aromatic nitrogens is 5. The summed E-state index contributed by atoms with van der Waals surface area (Å²) in [5, 5.41) is 3.06. The summed E-state index contributed by atoms with van der Waals surface area (Å²) in [6.07, 6.45) is 2.95. The number of fused-ring (bicyclic) bond motifs is 1. The predicted molar refractivity (Wildman–Crippen MR) is 148 cm³/mol. The highest BCUT2D eigenvalue weighted by molar-refractivity contribution is 5.83. The third-order valence-corrected chi connectivity index (χ3v) is 8.16. The standard InChI is InChI=1S/C29H34F2N8/c1-6-37-13-29(14-37)15-38(16-29)18(4)20-7-8-25(32-11-20)35-28-33-12-23(31)26(36-28)21-9-22(30)27-24(10-21)39(17(2)3)19(5)34-27/h7-12,17-18H,6,13-16H2,1-5H3,(H,32,33,35,36)/t18-/m0/s1. The van der Waals surface area contributed by atoms with Crippen LogP contribution in [0.25, 0.3) is 22.3 Å². The normalized spacial score (nSPS) is 17.9. The highest BCUT2D eigenvalue weighted by Crippen LogP contribution is 2.43. The Morgan fingerprint density at radius 3 is 2.41 bits per heavy atom. The molecular formula is C29H34F2N8. The van der Waals surface area contributed by atoms with Crippen LogP contribution in [0.15, 0.2) is 36.7 Å². The van der Waals surface area contributed by atoms with E-state index in [-0.39, 0.29) is 29.2 Å². The molecule has 6 rings (SSSR count). The number of nitrogens with one attached hydrogen (secondary N) is 1. The average Bonchev–Trinajstić information content (AvgIpc) is 3.20. The Morgan fingerprint density at radius 2 is 1.74 bits per heavy atom. The first kappa shape index (κ1) is 25.8. The molecule has 2 aliphatic heterocycles. The van der Waals surface area contributed by atoms with Crippen molar-refractivity contribution in [3.63, 3.8) is 0 Å². The number of hydrogen-bond acceptors (Lipinski definition) is 7. The minimum absolute atomic E-state index is 0.0112. The molecule has 2 saturated heterocycles. The molecule has 0 aliphatic carbocycles. The lowest BCUT2D eigenvalue weighted by Crippen LogP contribution is -2.71. The third kappa shape index (κ3) is 4.55. The van der Waals surface area contributed by atoms with Gasteiger partial charge in [0.05, 0.1) is 11.7 Å². The molecular weight excluding hydrogens is 498 g/mol. The lowest BCUT2D eigenvalue weighted by atomic mass is 9.72. The number of aryl methyl sites for hydroxylation is 1. The summed E-state index contributed by atoms with van der Waals surface area (Å²) in [5.74, 6) is 0.284. The Balaban J connectivity index is 1.19. The van der Waals surface area contributed by atoms with Gasteiger partial charge in [0.15, 0.2) is 11.6 Å². The van der Waals surface area contributed by atoms with Gasteiger partial charge >= 0.3 is 0 Å². The maximum absolute atomic E-state index is 15.0. The van der Waals surface area contributed by atoms with Crippen molar-refractivity contribution in [1.82, 2.24) is 34.3 Å². The number of benzene rings is 1. The highest BCUT2D eigenvalue weighted by Gasteiger charge is 2.52. The lowest BCUT2D eigenvalue weighted by molar-refractivity contribution is -0.126. The molecule has 1 N–H and O–H groups in total. The Kier molecular flexibility index (Phi) is 6.34. The number of pyridine rings is 1. The van der Waals surface area contributed by atoms with Crippen LogP contribution >= 0.6 is 0 Å². The third-order valence-electron chi connectivity index (χ3n) is 8.16. The van der Waals surface area contributed by atoms with Gasteiger partial charge in [-0.2, -0.15) is 0 Å². The van der Waals surface area contributed by atoms with Crippen LogP contribution in [-0.4, -0.2) is 67.0 Å². The number of rotatable bonds is 7. The van der Waals surface area contributed by atoms with Crippen LogP contribution in [0.4, 0.5) is 20.5 Å². The molecule has 2 aliphatic rings. The van der Waals surface area contributed by atoms with Crippen molar-refractivity contribution in [2.75, 3.05) is 38.0 Å². The monoisotopic (exact) mass is 532 g/mol. The molecule has 3 aromatic heterocycles. The number of hydrogen-bond donors (Lipinski definition) is 1. The Morgan fingerprint density at radius 1 is 0.974 bits per heavy atom.